The molecule has 192 valence electrons. The van der Waals surface area contributed by atoms with Gasteiger partial charge in [0.05, 0.1) is 12.2 Å². The van der Waals surface area contributed by atoms with Crippen molar-refractivity contribution < 1.29 is 20.1 Å². The minimum absolute atomic E-state index is 0.0702. The molecule has 0 aromatic rings. The van der Waals surface area contributed by atoms with Crippen molar-refractivity contribution in [1.29, 1.82) is 0 Å². The molecule has 3 saturated carbocycles. The van der Waals surface area contributed by atoms with Gasteiger partial charge in [-0.1, -0.05) is 58.8 Å². The first kappa shape index (κ1) is 26.1. The van der Waals surface area contributed by atoms with Crippen molar-refractivity contribution in [1.82, 2.24) is 0 Å². The minimum atomic E-state index is -1.04. The molecule has 4 nitrogen and oxygen atoms in total. The van der Waals surface area contributed by atoms with Gasteiger partial charge in [-0.2, -0.15) is 0 Å². The van der Waals surface area contributed by atoms with Gasteiger partial charge in [-0.25, -0.2) is 0 Å². The molecule has 0 radical (unpaired) electrons. The number of allylic oxidation sites excluding steroid dienone is 3. The quantitative estimate of drug-likeness (QED) is 0.375. The van der Waals surface area contributed by atoms with Crippen LogP contribution in [-0.4, -0.2) is 39.4 Å². The first-order valence-corrected chi connectivity index (χ1v) is 13.6. The second-order valence-electron chi connectivity index (χ2n) is 13.8. The molecule has 0 spiro atoms. The fourth-order valence-electron chi connectivity index (χ4n) is 9.43. The molecule has 3 fully saturated rings. The molecule has 0 heterocycles. The first-order valence-electron chi connectivity index (χ1n) is 13.6. The Balaban J connectivity index is 1.71. The summed E-state index contributed by atoms with van der Waals surface area (Å²) in [5.41, 5.74) is 1.81. The van der Waals surface area contributed by atoms with Crippen molar-refractivity contribution >= 4 is 5.78 Å². The van der Waals surface area contributed by atoms with Crippen LogP contribution in [0.4, 0.5) is 0 Å². The molecule has 0 bridgehead atoms. The second-order valence-corrected chi connectivity index (χ2v) is 13.8. The zero-order chi connectivity index (χ0) is 25.4. The number of aliphatic hydroxyl groups is 3. The van der Waals surface area contributed by atoms with Gasteiger partial charge in [-0.15, -0.1) is 0 Å². The van der Waals surface area contributed by atoms with Crippen molar-refractivity contribution in [3.05, 3.63) is 23.3 Å². The van der Waals surface area contributed by atoms with Crippen LogP contribution in [-0.2, 0) is 4.79 Å². The summed E-state index contributed by atoms with van der Waals surface area (Å²) in [7, 11) is 0. The van der Waals surface area contributed by atoms with Crippen LogP contribution in [0, 0.1) is 45.3 Å². The van der Waals surface area contributed by atoms with Gasteiger partial charge in [-0.05, 0) is 98.4 Å². The highest BCUT2D eigenvalue weighted by Crippen LogP contribution is 2.73. The first-order chi connectivity index (χ1) is 15.6. The Kier molecular flexibility index (Phi) is 6.36. The highest BCUT2D eigenvalue weighted by molar-refractivity contribution is 5.94. The van der Waals surface area contributed by atoms with Crippen LogP contribution in [0.1, 0.15) is 93.9 Å². The number of aliphatic hydroxyl groups excluding tert-OH is 3. The average molecular weight is 473 g/mol. The van der Waals surface area contributed by atoms with Crippen LogP contribution >= 0.6 is 0 Å². The Bertz CT molecular complexity index is 897. The van der Waals surface area contributed by atoms with Crippen molar-refractivity contribution in [3.63, 3.8) is 0 Å². The predicted octanol–water partition coefficient (Wildman–Crippen LogP) is 5.46. The van der Waals surface area contributed by atoms with Crippen LogP contribution in [0.2, 0.25) is 0 Å². The molecule has 0 unspecified atom stereocenters. The highest BCUT2D eigenvalue weighted by Gasteiger charge is 2.68. The molecule has 4 rings (SSSR count). The van der Waals surface area contributed by atoms with Crippen LogP contribution in [0.5, 0.6) is 0 Å². The topological polar surface area (TPSA) is 77.8 Å². The summed E-state index contributed by atoms with van der Waals surface area (Å²) >= 11 is 0. The number of rotatable bonds is 4. The molecule has 3 N–H and O–H groups in total. The van der Waals surface area contributed by atoms with Gasteiger partial charge >= 0.3 is 0 Å². The molecular weight excluding hydrogens is 424 g/mol. The Morgan fingerprint density at radius 2 is 1.71 bits per heavy atom. The second kappa shape index (κ2) is 8.28. The summed E-state index contributed by atoms with van der Waals surface area (Å²) in [6, 6.07) is 0. The third-order valence-electron chi connectivity index (χ3n) is 11.8. The Morgan fingerprint density at radius 3 is 2.32 bits per heavy atom. The van der Waals surface area contributed by atoms with E-state index in [1.54, 1.807) is 6.08 Å². The number of ketones is 1. The Morgan fingerprint density at radius 1 is 1.06 bits per heavy atom. The van der Waals surface area contributed by atoms with Gasteiger partial charge in [0.1, 0.15) is 6.10 Å². The van der Waals surface area contributed by atoms with E-state index in [2.05, 4.69) is 40.7 Å². The average Bonchev–Trinajstić information content (AvgIpc) is 3.03. The van der Waals surface area contributed by atoms with E-state index in [0.717, 1.165) is 44.1 Å². The van der Waals surface area contributed by atoms with Gasteiger partial charge < -0.3 is 15.3 Å². The molecule has 34 heavy (non-hydrogen) atoms. The van der Waals surface area contributed by atoms with E-state index in [0.29, 0.717) is 11.8 Å². The predicted molar refractivity (Wildman–Crippen MR) is 136 cm³/mol. The van der Waals surface area contributed by atoms with Gasteiger partial charge in [0.15, 0.2) is 5.78 Å². The normalized spacial score (nSPS) is 46.9. The Hall–Kier alpha value is -0.970. The van der Waals surface area contributed by atoms with E-state index in [-0.39, 0.29) is 45.4 Å². The van der Waals surface area contributed by atoms with Crippen LogP contribution in [0.3, 0.4) is 0 Å². The van der Waals surface area contributed by atoms with Gasteiger partial charge in [0.25, 0.3) is 0 Å². The largest absolute Gasteiger partial charge is 0.393 e. The third-order valence-corrected chi connectivity index (χ3v) is 11.8. The molecule has 0 amide bonds. The molecule has 4 aliphatic carbocycles. The minimum Gasteiger partial charge on any atom is -0.393 e. The van der Waals surface area contributed by atoms with Crippen molar-refractivity contribution in [2.24, 2.45) is 45.3 Å². The van der Waals surface area contributed by atoms with E-state index in [1.807, 2.05) is 20.8 Å². The fraction of sp³-hybridized carbons (Fsp3) is 0.833. The highest BCUT2D eigenvalue weighted by atomic mass is 16.3. The van der Waals surface area contributed by atoms with Gasteiger partial charge in [0, 0.05) is 5.41 Å². The number of fused-ring (bicyclic) bond motifs is 5. The maximum Gasteiger partial charge on any atom is 0.184 e. The molecule has 0 saturated heterocycles. The van der Waals surface area contributed by atoms with Crippen molar-refractivity contribution in [2.75, 3.05) is 0 Å². The van der Waals surface area contributed by atoms with Gasteiger partial charge in [0.2, 0.25) is 0 Å². The monoisotopic (exact) mass is 472 g/mol. The van der Waals surface area contributed by atoms with Crippen LogP contribution in [0.15, 0.2) is 23.3 Å². The van der Waals surface area contributed by atoms with Gasteiger partial charge in [-0.3, -0.25) is 4.79 Å². The standard InChI is InChI=1S/C30H48O4/c1-17(2)15-22(31)26(34)18(3)19-11-14-29(7)20-9-10-23-27(4,5)24(32)12-13-28(23,6)21(20)16-25(33)30(19,29)8/h9,15,18-19,21,23-26,32-34H,10-14,16H2,1-8H3/t18-,19+,21+,23+,24-,25-,26+,28-,29-,30-/m1/s1. The van der Waals surface area contributed by atoms with Crippen LogP contribution < -0.4 is 0 Å². The zero-order valence-corrected chi connectivity index (χ0v) is 22.7. The summed E-state index contributed by atoms with van der Waals surface area (Å²) in [5, 5.41) is 33.6. The Labute approximate surface area is 206 Å². The van der Waals surface area contributed by atoms with E-state index in [4.69, 9.17) is 0 Å². The van der Waals surface area contributed by atoms with Crippen LogP contribution in [0.25, 0.3) is 0 Å². The third kappa shape index (κ3) is 3.38. The molecule has 0 aliphatic heterocycles. The zero-order valence-electron chi connectivity index (χ0n) is 22.7. The number of hydrogen-bond donors (Lipinski definition) is 3. The van der Waals surface area contributed by atoms with E-state index >= 15 is 0 Å². The maximum absolute atomic E-state index is 12.7. The number of hydrogen-bond acceptors (Lipinski definition) is 4. The summed E-state index contributed by atoms with van der Waals surface area (Å²) in [4.78, 5) is 12.7. The molecular formula is C30H48O4. The lowest BCUT2D eigenvalue weighted by molar-refractivity contribution is -0.162. The fourth-order valence-corrected chi connectivity index (χ4v) is 9.43. The van der Waals surface area contributed by atoms with Crippen molar-refractivity contribution in [3.8, 4) is 0 Å². The van der Waals surface area contributed by atoms with E-state index < -0.39 is 12.2 Å². The summed E-state index contributed by atoms with van der Waals surface area (Å²) in [6.07, 6.45) is 7.67. The smallest absolute Gasteiger partial charge is 0.184 e. The summed E-state index contributed by atoms with van der Waals surface area (Å²) < 4.78 is 0. The summed E-state index contributed by atoms with van der Waals surface area (Å²) in [6.45, 7) is 17.2. The maximum atomic E-state index is 12.7. The lowest BCUT2D eigenvalue weighted by atomic mass is 9.40. The number of carbonyl (C=O) groups is 1. The van der Waals surface area contributed by atoms with E-state index in [9.17, 15) is 20.1 Å². The lowest BCUT2D eigenvalue weighted by Gasteiger charge is -2.65. The van der Waals surface area contributed by atoms with E-state index in [1.165, 1.54) is 5.57 Å². The lowest BCUT2D eigenvalue weighted by Crippen LogP contribution is -2.61. The molecule has 0 aromatic heterocycles. The molecule has 0 aromatic carbocycles. The summed E-state index contributed by atoms with van der Waals surface area (Å²) in [5.74, 6) is 0.365. The van der Waals surface area contributed by atoms with Crippen molar-refractivity contribution in [2.45, 2.75) is 112 Å². The molecule has 4 aliphatic rings. The molecule has 10 atom stereocenters. The SMILES string of the molecule is CC(C)=CC(=O)[C@@H](O)[C@H](C)[C@@H]1CC[C@]2(C)C3=CC[C@H]4C(C)(C)[C@H](O)CC[C@]4(C)[C@H]3C[C@@H](O)[C@@]12C. The number of carbonyl (C=O) groups excluding carboxylic acids is 1. The molecule has 4 heteroatoms.